The number of benzene rings is 1. The first-order valence-electron chi connectivity index (χ1n) is 4.38. The van der Waals surface area contributed by atoms with E-state index in [0.717, 1.165) is 0 Å². The van der Waals surface area contributed by atoms with Gasteiger partial charge in [0.2, 0.25) is 15.9 Å². The molecule has 0 aromatic heterocycles. The summed E-state index contributed by atoms with van der Waals surface area (Å²) in [5.41, 5.74) is 0.681. The Morgan fingerprint density at radius 3 is 2.69 bits per heavy atom. The van der Waals surface area contributed by atoms with E-state index in [9.17, 15) is 13.2 Å². The standard InChI is InChI=1S/C9H11BrN2O3S/c10-5-9(13)12-6-7-2-1-3-8(4-7)16(11,14)15/h1-4H,5-6H2,(H,12,13)(H2,11,14,15). The van der Waals surface area contributed by atoms with Crippen molar-refractivity contribution in [2.24, 2.45) is 5.14 Å². The van der Waals surface area contributed by atoms with Crippen molar-refractivity contribution in [1.29, 1.82) is 0 Å². The van der Waals surface area contributed by atoms with Crippen LogP contribution in [0.4, 0.5) is 0 Å². The summed E-state index contributed by atoms with van der Waals surface area (Å²) >= 11 is 3.01. The first-order valence-corrected chi connectivity index (χ1v) is 7.04. The zero-order valence-corrected chi connectivity index (χ0v) is 10.7. The number of hydrogen-bond donors (Lipinski definition) is 2. The van der Waals surface area contributed by atoms with Crippen LogP contribution in [0.3, 0.4) is 0 Å². The van der Waals surface area contributed by atoms with Crippen LogP contribution in [0.25, 0.3) is 0 Å². The van der Waals surface area contributed by atoms with Gasteiger partial charge in [-0.3, -0.25) is 4.79 Å². The van der Waals surface area contributed by atoms with Gasteiger partial charge in [0.1, 0.15) is 0 Å². The van der Waals surface area contributed by atoms with Crippen molar-refractivity contribution in [1.82, 2.24) is 5.32 Å². The molecule has 0 unspecified atom stereocenters. The Kier molecular flexibility index (Phi) is 4.45. The average molecular weight is 307 g/mol. The second-order valence-electron chi connectivity index (χ2n) is 3.10. The first-order chi connectivity index (χ1) is 7.43. The predicted molar refractivity (Wildman–Crippen MR) is 63.5 cm³/mol. The zero-order chi connectivity index (χ0) is 12.2. The number of hydrogen-bond acceptors (Lipinski definition) is 3. The number of nitrogens with one attached hydrogen (secondary N) is 1. The molecule has 0 aliphatic heterocycles. The highest BCUT2D eigenvalue weighted by Crippen LogP contribution is 2.09. The van der Waals surface area contributed by atoms with E-state index in [0.29, 0.717) is 5.56 Å². The fourth-order valence-corrected chi connectivity index (χ4v) is 1.86. The number of primary sulfonamides is 1. The van der Waals surface area contributed by atoms with Gasteiger partial charge in [-0.05, 0) is 17.7 Å². The van der Waals surface area contributed by atoms with Gasteiger partial charge in [-0.2, -0.15) is 0 Å². The Bertz CT molecular complexity index is 487. The minimum Gasteiger partial charge on any atom is -0.351 e. The van der Waals surface area contributed by atoms with E-state index in [4.69, 9.17) is 5.14 Å². The average Bonchev–Trinajstić information content (AvgIpc) is 2.25. The molecule has 0 bridgehead atoms. The Morgan fingerprint density at radius 1 is 1.44 bits per heavy atom. The maximum atomic E-state index is 11.1. The molecule has 0 saturated heterocycles. The number of carbonyl (C=O) groups is 1. The number of amides is 1. The van der Waals surface area contributed by atoms with Gasteiger partial charge < -0.3 is 5.32 Å². The maximum Gasteiger partial charge on any atom is 0.238 e. The lowest BCUT2D eigenvalue weighted by molar-refractivity contribution is -0.118. The predicted octanol–water partition coefficient (Wildman–Crippen LogP) is 0.345. The summed E-state index contributed by atoms with van der Waals surface area (Å²) in [6, 6.07) is 6.13. The van der Waals surface area contributed by atoms with Crippen molar-refractivity contribution < 1.29 is 13.2 Å². The topological polar surface area (TPSA) is 89.3 Å². The minimum atomic E-state index is -3.69. The summed E-state index contributed by atoms with van der Waals surface area (Å²) in [6.07, 6.45) is 0. The lowest BCUT2D eigenvalue weighted by Gasteiger charge is -2.05. The summed E-state index contributed by atoms with van der Waals surface area (Å²) in [7, 11) is -3.69. The van der Waals surface area contributed by atoms with Gasteiger partial charge >= 0.3 is 0 Å². The number of halogens is 1. The number of alkyl halides is 1. The molecule has 0 aliphatic rings. The molecule has 0 aliphatic carbocycles. The molecule has 88 valence electrons. The van der Waals surface area contributed by atoms with E-state index in [1.54, 1.807) is 12.1 Å². The summed E-state index contributed by atoms with van der Waals surface area (Å²) in [5.74, 6) is -0.166. The van der Waals surface area contributed by atoms with Crippen molar-refractivity contribution in [3.05, 3.63) is 29.8 Å². The number of rotatable bonds is 4. The molecule has 0 fully saturated rings. The van der Waals surface area contributed by atoms with Gasteiger partial charge in [0.25, 0.3) is 0 Å². The fourth-order valence-electron chi connectivity index (χ4n) is 1.08. The minimum absolute atomic E-state index is 0.0399. The zero-order valence-electron chi connectivity index (χ0n) is 8.31. The van der Waals surface area contributed by atoms with Gasteiger partial charge in [0.15, 0.2) is 0 Å². The third-order valence-corrected chi connectivity index (χ3v) is 3.26. The fraction of sp³-hybridized carbons (Fsp3) is 0.222. The largest absolute Gasteiger partial charge is 0.351 e. The molecule has 3 N–H and O–H groups in total. The third kappa shape index (κ3) is 3.92. The maximum absolute atomic E-state index is 11.1. The van der Waals surface area contributed by atoms with E-state index in [1.807, 2.05) is 0 Å². The van der Waals surface area contributed by atoms with Crippen LogP contribution in [0, 0.1) is 0 Å². The number of carbonyl (C=O) groups excluding carboxylic acids is 1. The van der Waals surface area contributed by atoms with Gasteiger partial charge in [-0.15, -0.1) is 0 Å². The van der Waals surface area contributed by atoms with Crippen molar-refractivity contribution in [3.63, 3.8) is 0 Å². The van der Waals surface area contributed by atoms with Crippen molar-refractivity contribution >= 4 is 31.9 Å². The summed E-state index contributed by atoms with van der Waals surface area (Å²) in [4.78, 5) is 11.0. The lowest BCUT2D eigenvalue weighted by atomic mass is 10.2. The van der Waals surface area contributed by atoms with Gasteiger partial charge in [-0.25, -0.2) is 13.6 Å². The van der Waals surface area contributed by atoms with Crippen molar-refractivity contribution in [2.75, 3.05) is 5.33 Å². The molecule has 1 aromatic carbocycles. The Hall–Kier alpha value is -0.920. The quantitative estimate of drug-likeness (QED) is 0.786. The van der Waals surface area contributed by atoms with Gasteiger partial charge in [0, 0.05) is 6.54 Å². The van der Waals surface area contributed by atoms with Crippen LogP contribution in [0.5, 0.6) is 0 Å². The summed E-state index contributed by atoms with van der Waals surface area (Å²) in [6.45, 7) is 0.272. The van der Waals surface area contributed by atoms with E-state index in [1.165, 1.54) is 12.1 Å². The molecule has 1 aromatic rings. The van der Waals surface area contributed by atoms with Crippen LogP contribution in [0.2, 0.25) is 0 Å². The molecular formula is C9H11BrN2O3S. The Morgan fingerprint density at radius 2 is 2.12 bits per heavy atom. The third-order valence-electron chi connectivity index (χ3n) is 1.84. The molecule has 0 atom stereocenters. The van der Waals surface area contributed by atoms with Crippen LogP contribution in [-0.2, 0) is 21.4 Å². The SMILES string of the molecule is NS(=O)(=O)c1cccc(CNC(=O)CBr)c1. The van der Waals surface area contributed by atoms with Crippen LogP contribution in [-0.4, -0.2) is 19.7 Å². The van der Waals surface area contributed by atoms with Crippen LogP contribution in [0.1, 0.15) is 5.56 Å². The van der Waals surface area contributed by atoms with Crippen molar-refractivity contribution in [2.45, 2.75) is 11.4 Å². The Balaban J connectivity index is 2.80. The molecule has 5 nitrogen and oxygen atoms in total. The molecule has 0 heterocycles. The summed E-state index contributed by atoms with van der Waals surface area (Å²) < 4.78 is 22.1. The van der Waals surface area contributed by atoms with Gasteiger partial charge in [0.05, 0.1) is 10.2 Å². The normalized spacial score (nSPS) is 11.1. The molecule has 0 radical (unpaired) electrons. The first kappa shape index (κ1) is 13.1. The molecule has 0 spiro atoms. The highest BCUT2D eigenvalue weighted by Gasteiger charge is 2.08. The second kappa shape index (κ2) is 5.42. The lowest BCUT2D eigenvalue weighted by Crippen LogP contribution is -2.23. The van der Waals surface area contributed by atoms with E-state index < -0.39 is 10.0 Å². The van der Waals surface area contributed by atoms with Crippen LogP contribution >= 0.6 is 15.9 Å². The smallest absolute Gasteiger partial charge is 0.238 e. The highest BCUT2D eigenvalue weighted by atomic mass is 79.9. The molecule has 7 heteroatoms. The van der Waals surface area contributed by atoms with Crippen molar-refractivity contribution in [3.8, 4) is 0 Å². The highest BCUT2D eigenvalue weighted by molar-refractivity contribution is 9.09. The monoisotopic (exact) mass is 306 g/mol. The van der Waals surface area contributed by atoms with Gasteiger partial charge in [-0.1, -0.05) is 28.1 Å². The van der Waals surface area contributed by atoms with E-state index in [2.05, 4.69) is 21.2 Å². The van der Waals surface area contributed by atoms with E-state index >= 15 is 0 Å². The number of nitrogens with two attached hydrogens (primary N) is 1. The molecule has 0 saturated carbocycles. The molecule has 16 heavy (non-hydrogen) atoms. The molecule has 1 amide bonds. The van der Waals surface area contributed by atoms with E-state index in [-0.39, 0.29) is 22.7 Å². The van der Waals surface area contributed by atoms with Crippen LogP contribution < -0.4 is 10.5 Å². The summed E-state index contributed by atoms with van der Waals surface area (Å²) in [5, 5.41) is 7.80. The second-order valence-corrected chi connectivity index (χ2v) is 5.22. The van der Waals surface area contributed by atoms with Crippen LogP contribution in [0.15, 0.2) is 29.2 Å². The molecule has 1 rings (SSSR count). The number of sulfonamides is 1. The Labute approximate surface area is 102 Å². The molecular weight excluding hydrogens is 296 g/mol.